The molecule has 2 aromatic carbocycles. The molecule has 73 heavy (non-hydrogen) atoms. The second-order valence-electron chi connectivity index (χ2n) is 16.7. The van der Waals surface area contributed by atoms with Gasteiger partial charge in [-0.2, -0.15) is 15.2 Å². The van der Waals surface area contributed by atoms with Crippen LogP contribution in [0.5, 0.6) is 11.5 Å². The summed E-state index contributed by atoms with van der Waals surface area (Å²) in [6.45, 7) is 0.906. The van der Waals surface area contributed by atoms with E-state index in [-0.39, 0.29) is 42.3 Å². The maximum absolute atomic E-state index is 14.7. The molecule has 2 aliphatic rings. The number of amides is 1. The highest BCUT2D eigenvalue weighted by Gasteiger charge is 2.46. The van der Waals surface area contributed by atoms with Crippen molar-refractivity contribution in [2.24, 2.45) is 4.99 Å². The van der Waals surface area contributed by atoms with Crippen molar-refractivity contribution in [1.29, 1.82) is 5.26 Å². The van der Waals surface area contributed by atoms with Gasteiger partial charge in [0.05, 0.1) is 38.4 Å². The molecule has 26 nitrogen and oxygen atoms in total. The molecule has 2 N–H and O–H groups in total. The van der Waals surface area contributed by atoms with Gasteiger partial charge in [-0.15, -0.1) is 0 Å². The number of phosphoric acid groups is 1. The number of unbranched alkanes of at least 4 members (excludes halogenated alkanes) is 1. The van der Waals surface area contributed by atoms with Crippen molar-refractivity contribution in [2.45, 2.75) is 89.2 Å². The molecule has 7 atom stereocenters. The number of aryl methyl sites for hydroxylation is 1. The second kappa shape index (κ2) is 25.3. The van der Waals surface area contributed by atoms with Crippen LogP contribution < -0.4 is 26.0 Å². The average Bonchev–Trinajstić information content (AvgIpc) is 4.10. The zero-order chi connectivity index (χ0) is 51.9. The van der Waals surface area contributed by atoms with Gasteiger partial charge in [0.25, 0.3) is 17.4 Å². The van der Waals surface area contributed by atoms with Crippen molar-refractivity contribution in [3.63, 3.8) is 0 Å². The number of nitriles is 1. The highest BCUT2D eigenvalue weighted by molar-refractivity contribution is 7.48. The number of hydrogen-bond donors (Lipinski definition) is 2. The number of aromatic amines is 1. The monoisotopic (exact) mass is 1030 g/mol. The summed E-state index contributed by atoms with van der Waals surface area (Å²) in [5.41, 5.74) is -0.503. The highest BCUT2D eigenvalue weighted by atomic mass is 31.2. The SMILES string of the molecule is CCCCc1ccc(OCC(=O)O[C@@H]2C[C@H](n3cnc4c(=O)[nH]c(NC(=O)COc5ccccc5)nc43)OC2COP(=O)(OCCC#N)O[C@@H]2C[C@H](n3cnc(/N=C\N(C)C)nc3=O)OC2COC(C)=O)cc1. The zero-order valence-electron chi connectivity index (χ0n) is 40.3. The number of carbonyl (C=O) groups excluding carboxylic acids is 3. The van der Waals surface area contributed by atoms with Crippen LogP contribution in [0.25, 0.3) is 11.2 Å². The molecule has 2 fully saturated rings. The normalized spacial score (nSPS) is 20.3. The number of nitrogens with one attached hydrogen (secondary N) is 2. The van der Waals surface area contributed by atoms with E-state index in [0.717, 1.165) is 35.7 Å². The molecule has 27 heteroatoms. The van der Waals surface area contributed by atoms with Gasteiger partial charge >= 0.3 is 25.5 Å². The molecule has 0 bridgehead atoms. The number of para-hydroxylation sites is 1. The number of nitrogens with zero attached hydrogens (tertiary/aromatic N) is 9. The molecular weight excluding hydrogens is 978 g/mol. The fraction of sp³-hybridized carbons (Fsp3) is 0.457. The maximum Gasteiger partial charge on any atom is 0.475 e. The van der Waals surface area contributed by atoms with Gasteiger partial charge in [-0.25, -0.2) is 29.1 Å². The minimum absolute atomic E-state index is 0.0192. The third-order valence-corrected chi connectivity index (χ3v) is 12.4. The first kappa shape index (κ1) is 53.4. The van der Waals surface area contributed by atoms with E-state index in [9.17, 15) is 33.8 Å². The number of carbonyl (C=O) groups is 3. The Balaban J connectivity index is 1.11. The molecule has 3 unspecified atom stereocenters. The van der Waals surface area contributed by atoms with Crippen LogP contribution in [-0.2, 0) is 57.9 Å². The number of phosphoric ester groups is 1. The van der Waals surface area contributed by atoms with E-state index in [1.54, 1.807) is 61.5 Å². The lowest BCUT2D eigenvalue weighted by Crippen LogP contribution is -2.33. The van der Waals surface area contributed by atoms with Gasteiger partial charge in [-0.1, -0.05) is 43.7 Å². The van der Waals surface area contributed by atoms with E-state index in [4.69, 9.17) is 42.0 Å². The Morgan fingerprint density at radius 3 is 2.34 bits per heavy atom. The van der Waals surface area contributed by atoms with Crippen molar-refractivity contribution in [3.8, 4) is 17.6 Å². The Bertz CT molecular complexity index is 2930. The molecule has 7 rings (SSSR count). The number of esters is 2. The Labute approximate surface area is 417 Å². The van der Waals surface area contributed by atoms with Crippen LogP contribution in [0.1, 0.15) is 64.0 Å². The molecule has 0 saturated carbocycles. The quantitative estimate of drug-likeness (QED) is 0.0275. The topological polar surface area (TPSA) is 314 Å². The molecule has 5 aromatic rings. The lowest BCUT2D eigenvalue weighted by molar-refractivity contribution is -0.155. The number of hydrogen-bond acceptors (Lipinski definition) is 21. The van der Waals surface area contributed by atoms with E-state index < -0.39 is 107 Å². The lowest BCUT2D eigenvalue weighted by Gasteiger charge is -2.26. The first-order chi connectivity index (χ1) is 35.2. The van der Waals surface area contributed by atoms with Gasteiger partial charge in [0, 0.05) is 33.9 Å². The van der Waals surface area contributed by atoms with E-state index in [1.807, 2.05) is 18.2 Å². The van der Waals surface area contributed by atoms with Crippen LogP contribution in [0.3, 0.4) is 0 Å². The lowest BCUT2D eigenvalue weighted by atomic mass is 10.1. The Hall–Kier alpha value is -7.40. The third kappa shape index (κ3) is 15.1. The predicted octanol–water partition coefficient (Wildman–Crippen LogP) is 3.92. The number of fused-ring (bicyclic) bond motifs is 1. The van der Waals surface area contributed by atoms with E-state index >= 15 is 0 Å². The fourth-order valence-corrected chi connectivity index (χ4v) is 8.77. The van der Waals surface area contributed by atoms with Crippen molar-refractivity contribution in [2.75, 3.05) is 52.4 Å². The van der Waals surface area contributed by atoms with Crippen LogP contribution in [0, 0.1) is 11.3 Å². The summed E-state index contributed by atoms with van der Waals surface area (Å²) < 4.78 is 69.5. The molecule has 2 aliphatic heterocycles. The number of anilines is 1. The van der Waals surface area contributed by atoms with Gasteiger partial charge in [0.1, 0.15) is 61.3 Å². The van der Waals surface area contributed by atoms with Crippen molar-refractivity contribution in [3.05, 3.63) is 93.7 Å². The average molecular weight is 1030 g/mol. The minimum Gasteiger partial charge on any atom is -0.484 e. The molecule has 0 radical (unpaired) electrons. The van der Waals surface area contributed by atoms with Crippen LogP contribution >= 0.6 is 7.82 Å². The van der Waals surface area contributed by atoms with Gasteiger partial charge in [0.15, 0.2) is 24.4 Å². The smallest absolute Gasteiger partial charge is 0.475 e. The summed E-state index contributed by atoms with van der Waals surface area (Å²) >= 11 is 0. The predicted molar refractivity (Wildman–Crippen MR) is 256 cm³/mol. The van der Waals surface area contributed by atoms with Gasteiger partial charge in [0.2, 0.25) is 5.95 Å². The number of aliphatic imine (C=N–C) groups is 1. The van der Waals surface area contributed by atoms with Crippen molar-refractivity contribution in [1.82, 2.24) is 39.0 Å². The number of rotatable bonds is 25. The Morgan fingerprint density at radius 1 is 0.932 bits per heavy atom. The molecule has 5 heterocycles. The zero-order valence-corrected chi connectivity index (χ0v) is 41.2. The first-order valence-electron chi connectivity index (χ1n) is 23.1. The fourth-order valence-electron chi connectivity index (χ4n) is 7.38. The molecule has 0 spiro atoms. The van der Waals surface area contributed by atoms with Crippen molar-refractivity contribution >= 4 is 55.1 Å². The van der Waals surface area contributed by atoms with E-state index in [0.29, 0.717) is 11.5 Å². The van der Waals surface area contributed by atoms with Crippen LogP contribution in [-0.4, -0.2) is 135 Å². The minimum atomic E-state index is -4.77. The summed E-state index contributed by atoms with van der Waals surface area (Å²) in [5, 5.41) is 11.8. The Kier molecular flexibility index (Phi) is 18.5. The second-order valence-corrected chi connectivity index (χ2v) is 18.3. The Morgan fingerprint density at radius 2 is 1.63 bits per heavy atom. The molecule has 2 saturated heterocycles. The molecule has 3 aromatic heterocycles. The van der Waals surface area contributed by atoms with E-state index in [1.165, 1.54) is 24.2 Å². The number of imidazole rings is 1. The van der Waals surface area contributed by atoms with Gasteiger partial charge in [-0.05, 0) is 42.7 Å². The van der Waals surface area contributed by atoms with Crippen LogP contribution in [0.2, 0.25) is 0 Å². The van der Waals surface area contributed by atoms with E-state index in [2.05, 4.69) is 42.2 Å². The molecule has 1 amide bonds. The molecule has 388 valence electrons. The first-order valence-corrected chi connectivity index (χ1v) is 24.6. The molecule has 0 aliphatic carbocycles. The summed E-state index contributed by atoms with van der Waals surface area (Å²) in [4.78, 5) is 89.3. The number of H-pyrrole nitrogens is 1. The largest absolute Gasteiger partial charge is 0.484 e. The standard InChI is InChI=1S/C46H54N11O15P/c1-5-6-11-30-14-16-32(17-15-30)66-25-40(60)71-33-20-38(56-27-48-41-42(56)52-45(53-43(41)61)51-37(59)24-65-31-12-8-7-9-13-31)70-36(33)23-68-73(63,67-19-10-18-47)72-34-21-39(69-35(34)22-64-29(2)58)57-28-50-44(54-46(57)62)49-26-55(3)4/h7-9,12-17,26-28,33-36,38-39H,5-6,10-11,19-25H2,1-4H3,(H2,51,52,53,59,61)/b49-26-/t33-,34-,35?,36?,38-,39-,73?/m1/s1. The third-order valence-electron chi connectivity index (χ3n) is 10.9. The van der Waals surface area contributed by atoms with Gasteiger partial charge < -0.3 is 33.3 Å². The summed E-state index contributed by atoms with van der Waals surface area (Å²) in [5.74, 6) is -1.57. The van der Waals surface area contributed by atoms with Crippen molar-refractivity contribution < 1.29 is 60.9 Å². The van der Waals surface area contributed by atoms with Crippen LogP contribution in [0.4, 0.5) is 11.9 Å². The maximum atomic E-state index is 14.7. The van der Waals surface area contributed by atoms with Crippen LogP contribution in [0.15, 0.2) is 81.8 Å². The highest BCUT2D eigenvalue weighted by Crippen LogP contribution is 2.54. The molecular formula is C46H54N11O15P. The number of aromatic nitrogens is 7. The summed E-state index contributed by atoms with van der Waals surface area (Å²) in [7, 11) is -1.33. The number of ether oxygens (including phenoxy) is 6. The summed E-state index contributed by atoms with van der Waals surface area (Å²) in [6.07, 6.45) is -0.675. The van der Waals surface area contributed by atoms with Gasteiger partial charge in [-0.3, -0.25) is 47.4 Å². The summed E-state index contributed by atoms with van der Waals surface area (Å²) in [6, 6.07) is 17.8. The number of benzene rings is 2.